The van der Waals surface area contributed by atoms with E-state index in [2.05, 4.69) is 17.2 Å². The van der Waals surface area contributed by atoms with Crippen molar-refractivity contribution >= 4 is 12.0 Å². The predicted molar refractivity (Wildman–Crippen MR) is 66.8 cm³/mol. The molecule has 0 aliphatic heterocycles. The molecule has 1 unspecified atom stereocenters. The summed E-state index contributed by atoms with van der Waals surface area (Å²) >= 11 is 0. The fraction of sp³-hybridized carbons (Fsp3) is 0.667. The van der Waals surface area contributed by atoms with Gasteiger partial charge in [-0.2, -0.15) is 0 Å². The zero-order valence-corrected chi connectivity index (χ0v) is 10.7. The molecule has 0 saturated carbocycles. The number of carbonyl (C=O) groups excluding carboxylic acids is 1. The van der Waals surface area contributed by atoms with E-state index in [1.165, 1.54) is 6.08 Å². The molecular formula is C12H22N2O3. The van der Waals surface area contributed by atoms with Crippen molar-refractivity contribution in [1.29, 1.82) is 0 Å². The van der Waals surface area contributed by atoms with Crippen molar-refractivity contribution in [2.24, 2.45) is 5.41 Å². The summed E-state index contributed by atoms with van der Waals surface area (Å²) in [5.74, 6) is -1.06. The molecule has 3 N–H and O–H groups in total. The molecule has 0 aliphatic rings. The SMILES string of the molecule is C=CCC(NC(=O)NCC(C)(C)CC)C(=O)O. The summed E-state index contributed by atoms with van der Waals surface area (Å²) in [6.07, 6.45) is 2.61. The van der Waals surface area contributed by atoms with E-state index in [-0.39, 0.29) is 11.8 Å². The van der Waals surface area contributed by atoms with Gasteiger partial charge in [0, 0.05) is 6.54 Å². The minimum atomic E-state index is -1.06. The lowest BCUT2D eigenvalue weighted by atomic mass is 9.90. The van der Waals surface area contributed by atoms with Crippen molar-refractivity contribution < 1.29 is 14.7 Å². The van der Waals surface area contributed by atoms with Gasteiger partial charge in [-0.3, -0.25) is 0 Å². The van der Waals surface area contributed by atoms with E-state index >= 15 is 0 Å². The Bertz CT molecular complexity index is 287. The Morgan fingerprint density at radius 2 is 2.06 bits per heavy atom. The standard InChI is InChI=1S/C12H22N2O3/c1-5-7-9(10(15)16)14-11(17)13-8-12(3,4)6-2/h5,9H,1,6-8H2,2-4H3,(H,15,16)(H2,13,14,17). The Morgan fingerprint density at radius 1 is 1.47 bits per heavy atom. The molecule has 1 atom stereocenters. The number of urea groups is 1. The molecule has 0 aliphatic carbocycles. The number of carboxylic acids is 1. The summed E-state index contributed by atoms with van der Waals surface area (Å²) in [4.78, 5) is 22.3. The van der Waals surface area contributed by atoms with E-state index in [0.717, 1.165) is 6.42 Å². The van der Waals surface area contributed by atoms with Crippen LogP contribution in [0.2, 0.25) is 0 Å². The second kappa shape index (κ2) is 6.93. The summed E-state index contributed by atoms with van der Waals surface area (Å²) in [7, 11) is 0. The highest BCUT2D eigenvalue weighted by Gasteiger charge is 2.20. The van der Waals surface area contributed by atoms with E-state index in [9.17, 15) is 9.59 Å². The molecule has 0 bridgehead atoms. The van der Waals surface area contributed by atoms with Gasteiger partial charge in [-0.25, -0.2) is 9.59 Å². The molecule has 0 saturated heterocycles. The first kappa shape index (κ1) is 15.5. The molecule has 5 heteroatoms. The van der Waals surface area contributed by atoms with E-state index in [0.29, 0.717) is 6.54 Å². The zero-order valence-electron chi connectivity index (χ0n) is 10.7. The summed E-state index contributed by atoms with van der Waals surface area (Å²) in [5.41, 5.74) is 0.00843. The van der Waals surface area contributed by atoms with E-state index in [4.69, 9.17) is 5.11 Å². The van der Waals surface area contributed by atoms with Crippen molar-refractivity contribution in [3.63, 3.8) is 0 Å². The predicted octanol–water partition coefficient (Wildman–Crippen LogP) is 1.75. The molecule has 0 aromatic carbocycles. The maximum Gasteiger partial charge on any atom is 0.326 e. The van der Waals surface area contributed by atoms with Gasteiger partial charge < -0.3 is 15.7 Å². The Labute approximate surface area is 102 Å². The summed E-state index contributed by atoms with van der Waals surface area (Å²) in [6, 6.07) is -1.38. The number of rotatable bonds is 7. The monoisotopic (exact) mass is 242 g/mol. The largest absolute Gasteiger partial charge is 0.480 e. The first-order valence-electron chi connectivity index (χ1n) is 5.70. The molecule has 0 heterocycles. The lowest BCUT2D eigenvalue weighted by molar-refractivity contribution is -0.139. The minimum Gasteiger partial charge on any atom is -0.480 e. The van der Waals surface area contributed by atoms with Crippen molar-refractivity contribution in [2.75, 3.05) is 6.54 Å². The third-order valence-electron chi connectivity index (χ3n) is 2.69. The van der Waals surface area contributed by atoms with Crippen LogP contribution in [0, 0.1) is 5.41 Å². The average molecular weight is 242 g/mol. The number of aliphatic carboxylic acids is 1. The number of carbonyl (C=O) groups is 2. The van der Waals surface area contributed by atoms with Gasteiger partial charge in [0.2, 0.25) is 0 Å². The number of hydrogen-bond donors (Lipinski definition) is 3. The lowest BCUT2D eigenvalue weighted by Gasteiger charge is -2.23. The summed E-state index contributed by atoms with van der Waals surface area (Å²) in [5, 5.41) is 13.9. The third-order valence-corrected chi connectivity index (χ3v) is 2.69. The molecule has 0 radical (unpaired) electrons. The number of amides is 2. The van der Waals surface area contributed by atoms with Gasteiger partial charge in [-0.05, 0) is 18.3 Å². The lowest BCUT2D eigenvalue weighted by Crippen LogP contribution is -2.47. The van der Waals surface area contributed by atoms with Crippen molar-refractivity contribution in [3.05, 3.63) is 12.7 Å². The van der Waals surface area contributed by atoms with Crippen LogP contribution >= 0.6 is 0 Å². The molecule has 2 amide bonds. The highest BCUT2D eigenvalue weighted by Crippen LogP contribution is 2.17. The van der Waals surface area contributed by atoms with Gasteiger partial charge in [0.25, 0.3) is 0 Å². The molecule has 0 aromatic heterocycles. The second-order valence-electron chi connectivity index (χ2n) is 4.76. The Morgan fingerprint density at radius 3 is 2.47 bits per heavy atom. The smallest absolute Gasteiger partial charge is 0.326 e. The fourth-order valence-electron chi connectivity index (χ4n) is 1.04. The van der Waals surface area contributed by atoms with Gasteiger partial charge in [-0.1, -0.05) is 26.8 Å². The average Bonchev–Trinajstić information content (AvgIpc) is 2.26. The summed E-state index contributed by atoms with van der Waals surface area (Å²) in [6.45, 7) is 10.1. The van der Waals surface area contributed by atoms with Gasteiger partial charge in [-0.15, -0.1) is 6.58 Å². The first-order chi connectivity index (χ1) is 7.82. The Hall–Kier alpha value is -1.52. The van der Waals surface area contributed by atoms with Crippen LogP contribution < -0.4 is 10.6 Å². The van der Waals surface area contributed by atoms with Crippen LogP contribution in [0.3, 0.4) is 0 Å². The molecule has 0 fully saturated rings. The van der Waals surface area contributed by atoms with E-state index < -0.39 is 18.0 Å². The van der Waals surface area contributed by atoms with Gasteiger partial charge in [0.15, 0.2) is 0 Å². The molecule has 0 spiro atoms. The van der Waals surface area contributed by atoms with Crippen LogP contribution in [0.15, 0.2) is 12.7 Å². The van der Waals surface area contributed by atoms with Gasteiger partial charge in [0.05, 0.1) is 0 Å². The molecule has 5 nitrogen and oxygen atoms in total. The number of nitrogens with one attached hydrogen (secondary N) is 2. The maximum atomic E-state index is 11.5. The van der Waals surface area contributed by atoms with E-state index in [1.54, 1.807) is 0 Å². The van der Waals surface area contributed by atoms with Crippen molar-refractivity contribution in [2.45, 2.75) is 39.7 Å². The van der Waals surface area contributed by atoms with Crippen LogP contribution in [0.4, 0.5) is 4.79 Å². The van der Waals surface area contributed by atoms with Crippen LogP contribution in [-0.4, -0.2) is 29.7 Å². The van der Waals surface area contributed by atoms with Crippen LogP contribution in [0.25, 0.3) is 0 Å². The minimum absolute atomic E-state index is 0.00843. The summed E-state index contributed by atoms with van der Waals surface area (Å²) < 4.78 is 0. The van der Waals surface area contributed by atoms with E-state index in [1.807, 2.05) is 20.8 Å². The second-order valence-corrected chi connectivity index (χ2v) is 4.76. The normalized spacial score (nSPS) is 12.6. The molecule has 98 valence electrons. The van der Waals surface area contributed by atoms with Gasteiger partial charge in [0.1, 0.15) is 6.04 Å². The molecular weight excluding hydrogens is 220 g/mol. The van der Waals surface area contributed by atoms with Crippen LogP contribution in [0.1, 0.15) is 33.6 Å². The topological polar surface area (TPSA) is 78.4 Å². The first-order valence-corrected chi connectivity index (χ1v) is 5.70. The fourth-order valence-corrected chi connectivity index (χ4v) is 1.04. The highest BCUT2D eigenvalue weighted by molar-refractivity contribution is 5.82. The molecule has 0 aromatic rings. The molecule has 17 heavy (non-hydrogen) atoms. The van der Waals surface area contributed by atoms with Crippen molar-refractivity contribution in [1.82, 2.24) is 10.6 Å². The number of hydrogen-bond acceptors (Lipinski definition) is 2. The quantitative estimate of drug-likeness (QED) is 0.595. The maximum absolute atomic E-state index is 11.5. The third kappa shape index (κ3) is 6.60. The van der Waals surface area contributed by atoms with Gasteiger partial charge >= 0.3 is 12.0 Å². The Balaban J connectivity index is 4.15. The highest BCUT2D eigenvalue weighted by atomic mass is 16.4. The molecule has 0 rings (SSSR count). The Kier molecular flexibility index (Phi) is 6.31. The zero-order chi connectivity index (χ0) is 13.5. The number of carboxylic acid groups (broad SMARTS) is 1. The van der Waals surface area contributed by atoms with Crippen molar-refractivity contribution in [3.8, 4) is 0 Å². The van der Waals surface area contributed by atoms with Crippen LogP contribution in [-0.2, 0) is 4.79 Å². The van der Waals surface area contributed by atoms with Crippen LogP contribution in [0.5, 0.6) is 0 Å².